The van der Waals surface area contributed by atoms with Gasteiger partial charge in [-0.15, -0.1) is 0 Å². The summed E-state index contributed by atoms with van der Waals surface area (Å²) < 4.78 is 0. The van der Waals surface area contributed by atoms with Gasteiger partial charge in [-0.1, -0.05) is 0 Å². The lowest BCUT2D eigenvalue weighted by Crippen LogP contribution is -2.31. The lowest BCUT2D eigenvalue weighted by molar-refractivity contribution is -0.138. The number of amides is 1. The number of rotatable bonds is 7. The molecule has 0 fully saturated rings. The first kappa shape index (κ1) is 14.7. The molecule has 7 nitrogen and oxygen atoms in total. The molecule has 7 N–H and O–H groups in total. The molecule has 0 spiro atoms. The Hall–Kier alpha value is -1.28. The molecule has 0 aromatic carbocycles. The summed E-state index contributed by atoms with van der Waals surface area (Å²) >= 11 is 1.49. The van der Waals surface area contributed by atoms with Gasteiger partial charge in [0.05, 0.1) is 6.54 Å². The first-order valence-electron chi connectivity index (χ1n) is 4.61. The summed E-state index contributed by atoms with van der Waals surface area (Å²) in [5.74, 6) is -0.669. The number of thioether (sulfide) groups is 1. The summed E-state index contributed by atoms with van der Waals surface area (Å²) in [5, 5.41) is 8.49. The average molecular weight is 248 g/mol. The number of aliphatic imine (C=N–C) groups is 1. The molecule has 0 heterocycles. The molecule has 16 heavy (non-hydrogen) atoms. The fourth-order valence-corrected chi connectivity index (χ4v) is 1.59. The zero-order valence-electron chi connectivity index (χ0n) is 8.76. The number of carbonyl (C=O) groups excluding carboxylic acids is 1. The second-order valence-corrected chi connectivity index (χ2v) is 4.20. The SMILES string of the molecule is NC(=O)C(N)=NCCSCC[C@H](N)C(=O)O. The minimum absolute atomic E-state index is 0.192. The van der Waals surface area contributed by atoms with Crippen LogP contribution in [-0.4, -0.2) is 46.9 Å². The topological polar surface area (TPSA) is 145 Å². The van der Waals surface area contributed by atoms with Crippen molar-refractivity contribution in [3.63, 3.8) is 0 Å². The highest BCUT2D eigenvalue weighted by molar-refractivity contribution is 7.99. The maximum atomic E-state index is 10.5. The van der Waals surface area contributed by atoms with Crippen molar-refractivity contribution in [1.82, 2.24) is 0 Å². The number of primary amides is 1. The van der Waals surface area contributed by atoms with E-state index < -0.39 is 17.9 Å². The highest BCUT2D eigenvalue weighted by Gasteiger charge is 2.09. The molecule has 0 saturated carbocycles. The zero-order valence-corrected chi connectivity index (χ0v) is 9.57. The first-order valence-corrected chi connectivity index (χ1v) is 5.76. The van der Waals surface area contributed by atoms with Gasteiger partial charge in [0.25, 0.3) is 5.91 Å². The molecule has 1 amide bonds. The third-order valence-electron chi connectivity index (χ3n) is 1.66. The quantitative estimate of drug-likeness (QED) is 0.241. The molecule has 0 aliphatic rings. The van der Waals surface area contributed by atoms with Crippen molar-refractivity contribution < 1.29 is 14.7 Å². The number of hydrogen-bond acceptors (Lipinski definition) is 5. The van der Waals surface area contributed by atoms with Crippen LogP contribution in [0.1, 0.15) is 6.42 Å². The van der Waals surface area contributed by atoms with E-state index in [0.29, 0.717) is 24.5 Å². The highest BCUT2D eigenvalue weighted by Crippen LogP contribution is 2.03. The van der Waals surface area contributed by atoms with E-state index in [-0.39, 0.29) is 5.84 Å². The second kappa shape index (κ2) is 7.94. The van der Waals surface area contributed by atoms with E-state index in [2.05, 4.69) is 4.99 Å². The van der Waals surface area contributed by atoms with Gasteiger partial charge >= 0.3 is 5.97 Å². The van der Waals surface area contributed by atoms with E-state index in [9.17, 15) is 9.59 Å². The predicted octanol–water partition coefficient (Wildman–Crippen LogP) is -1.64. The van der Waals surface area contributed by atoms with Crippen LogP contribution >= 0.6 is 11.8 Å². The largest absolute Gasteiger partial charge is 0.480 e. The van der Waals surface area contributed by atoms with Gasteiger partial charge < -0.3 is 22.3 Å². The average Bonchev–Trinajstić information content (AvgIpc) is 2.21. The number of carbonyl (C=O) groups is 2. The molecule has 1 atom stereocenters. The Kier molecular flexibility index (Phi) is 7.31. The predicted molar refractivity (Wildman–Crippen MR) is 63.2 cm³/mol. The Bertz CT molecular complexity index is 282. The third-order valence-corrected chi connectivity index (χ3v) is 2.66. The molecule has 8 heteroatoms. The Balaban J connectivity index is 3.51. The Morgan fingerprint density at radius 3 is 2.44 bits per heavy atom. The van der Waals surface area contributed by atoms with Gasteiger partial charge in [-0.05, 0) is 12.2 Å². The molecule has 0 bridgehead atoms. The van der Waals surface area contributed by atoms with Crippen molar-refractivity contribution in [3.05, 3.63) is 0 Å². The smallest absolute Gasteiger partial charge is 0.320 e. The van der Waals surface area contributed by atoms with Crippen LogP contribution in [0.25, 0.3) is 0 Å². The molecule has 0 aliphatic heterocycles. The van der Waals surface area contributed by atoms with Crippen molar-refractivity contribution in [2.45, 2.75) is 12.5 Å². The summed E-state index contributed by atoms with van der Waals surface area (Å²) in [5.41, 5.74) is 15.4. The zero-order chi connectivity index (χ0) is 12.6. The number of hydrogen-bond donors (Lipinski definition) is 4. The number of nitrogens with zero attached hydrogens (tertiary/aromatic N) is 1. The normalized spacial score (nSPS) is 13.4. The standard InChI is InChI=1S/C8H16N4O3S/c9-5(8(14)15)1-3-16-4-2-12-6(10)7(11)13/h5H,1-4,9H2,(H2,10,12)(H2,11,13)(H,14,15)/t5-/m0/s1. The number of amidine groups is 1. The molecule has 0 aliphatic carbocycles. The van der Waals surface area contributed by atoms with Crippen molar-refractivity contribution >= 4 is 29.5 Å². The van der Waals surface area contributed by atoms with E-state index in [1.807, 2.05) is 0 Å². The molecule has 92 valence electrons. The molecule has 0 saturated heterocycles. The van der Waals surface area contributed by atoms with Crippen LogP contribution in [0.3, 0.4) is 0 Å². The van der Waals surface area contributed by atoms with Crippen LogP contribution in [0, 0.1) is 0 Å². The molecule has 0 unspecified atom stereocenters. The summed E-state index contributed by atoms with van der Waals surface area (Å²) in [6.07, 6.45) is 0.398. The van der Waals surface area contributed by atoms with Crippen LogP contribution in [0.4, 0.5) is 0 Å². The van der Waals surface area contributed by atoms with Crippen LogP contribution in [-0.2, 0) is 9.59 Å². The second-order valence-electron chi connectivity index (χ2n) is 2.98. The molecule has 0 radical (unpaired) electrons. The van der Waals surface area contributed by atoms with Crippen LogP contribution in [0.5, 0.6) is 0 Å². The van der Waals surface area contributed by atoms with Gasteiger partial charge in [0, 0.05) is 5.75 Å². The van der Waals surface area contributed by atoms with Gasteiger partial charge in [0.15, 0.2) is 5.84 Å². The lowest BCUT2D eigenvalue weighted by Gasteiger charge is -2.04. The van der Waals surface area contributed by atoms with E-state index in [1.54, 1.807) is 0 Å². The fourth-order valence-electron chi connectivity index (χ4n) is 0.744. The van der Waals surface area contributed by atoms with E-state index >= 15 is 0 Å². The summed E-state index contributed by atoms with van der Waals surface area (Å²) in [7, 11) is 0. The molecular weight excluding hydrogens is 232 g/mol. The van der Waals surface area contributed by atoms with Crippen molar-refractivity contribution in [1.29, 1.82) is 0 Å². The highest BCUT2D eigenvalue weighted by atomic mass is 32.2. The van der Waals surface area contributed by atoms with Gasteiger partial charge in [-0.25, -0.2) is 0 Å². The van der Waals surface area contributed by atoms with Crippen molar-refractivity contribution in [2.75, 3.05) is 18.1 Å². The van der Waals surface area contributed by atoms with Crippen molar-refractivity contribution in [3.8, 4) is 0 Å². The van der Waals surface area contributed by atoms with Crippen LogP contribution in [0.15, 0.2) is 4.99 Å². The van der Waals surface area contributed by atoms with Crippen molar-refractivity contribution in [2.24, 2.45) is 22.2 Å². The van der Waals surface area contributed by atoms with E-state index in [0.717, 1.165) is 0 Å². The fraction of sp³-hybridized carbons (Fsp3) is 0.625. The van der Waals surface area contributed by atoms with E-state index in [4.69, 9.17) is 22.3 Å². The van der Waals surface area contributed by atoms with Crippen LogP contribution < -0.4 is 17.2 Å². The monoisotopic (exact) mass is 248 g/mol. The van der Waals surface area contributed by atoms with Gasteiger partial charge in [-0.2, -0.15) is 11.8 Å². The van der Waals surface area contributed by atoms with Gasteiger partial charge in [-0.3, -0.25) is 14.6 Å². The number of nitrogens with two attached hydrogens (primary N) is 3. The lowest BCUT2D eigenvalue weighted by atomic mass is 10.2. The Morgan fingerprint density at radius 1 is 1.31 bits per heavy atom. The summed E-state index contributed by atoms with van der Waals surface area (Å²) in [6.45, 7) is 0.377. The molecule has 0 aromatic rings. The first-order chi connectivity index (χ1) is 7.45. The minimum atomic E-state index is -1.00. The van der Waals surface area contributed by atoms with Gasteiger partial charge in [0.1, 0.15) is 6.04 Å². The number of carboxylic acid groups (broad SMARTS) is 1. The van der Waals surface area contributed by atoms with Crippen LogP contribution in [0.2, 0.25) is 0 Å². The molecule has 0 rings (SSSR count). The minimum Gasteiger partial charge on any atom is -0.480 e. The Morgan fingerprint density at radius 2 is 1.94 bits per heavy atom. The molecule has 0 aromatic heterocycles. The summed E-state index contributed by atoms with van der Waals surface area (Å²) in [6, 6.07) is -0.827. The Labute approximate surface area is 97.4 Å². The molecular formula is C8H16N4O3S. The van der Waals surface area contributed by atoms with Gasteiger partial charge in [0.2, 0.25) is 0 Å². The number of carboxylic acids is 1. The number of aliphatic carboxylic acids is 1. The maximum absolute atomic E-state index is 10.5. The maximum Gasteiger partial charge on any atom is 0.320 e. The summed E-state index contributed by atoms with van der Waals surface area (Å²) in [4.78, 5) is 24.5. The van der Waals surface area contributed by atoms with E-state index in [1.165, 1.54) is 11.8 Å². The third kappa shape index (κ3) is 7.07.